The molecule has 3 heterocycles. The minimum Gasteiger partial charge on any atom is -0.377 e. The molecule has 2 N–H and O–H groups in total. The molecule has 138 valence electrons. The van der Waals surface area contributed by atoms with Gasteiger partial charge in [0.05, 0.1) is 6.20 Å². The van der Waals surface area contributed by atoms with Crippen molar-refractivity contribution >= 4 is 5.91 Å². The van der Waals surface area contributed by atoms with Crippen molar-refractivity contribution in [3.63, 3.8) is 0 Å². The van der Waals surface area contributed by atoms with Crippen LogP contribution >= 0.6 is 0 Å². The Bertz CT molecular complexity index is 806. The van der Waals surface area contributed by atoms with Gasteiger partial charge in [-0.05, 0) is 37.5 Å². The van der Waals surface area contributed by atoms with Gasteiger partial charge in [-0.15, -0.1) is 0 Å². The Morgan fingerprint density at radius 2 is 2.15 bits per heavy atom. The summed E-state index contributed by atoms with van der Waals surface area (Å²) in [6.07, 6.45) is 6.53. The van der Waals surface area contributed by atoms with E-state index in [-0.39, 0.29) is 11.8 Å². The van der Waals surface area contributed by atoms with Crippen molar-refractivity contribution in [2.24, 2.45) is 11.8 Å². The van der Waals surface area contributed by atoms with E-state index in [1.54, 1.807) is 13.3 Å². The molecule has 2 saturated carbocycles. The fourth-order valence-electron chi connectivity index (χ4n) is 4.13. The maximum Gasteiger partial charge on any atom is 0.271 e. The van der Waals surface area contributed by atoms with Gasteiger partial charge in [-0.3, -0.25) is 9.89 Å². The molecule has 1 aliphatic heterocycles. The molecule has 8 nitrogen and oxygen atoms in total. The highest BCUT2D eigenvalue weighted by molar-refractivity contribution is 5.92. The van der Waals surface area contributed by atoms with Crippen LogP contribution in [0.1, 0.15) is 65.5 Å². The van der Waals surface area contributed by atoms with Crippen LogP contribution in [-0.2, 0) is 11.3 Å². The molecule has 2 atom stereocenters. The van der Waals surface area contributed by atoms with E-state index < -0.39 is 0 Å². The summed E-state index contributed by atoms with van der Waals surface area (Å²) in [4.78, 5) is 27.1. The molecular weight excluding hydrogens is 332 g/mol. The van der Waals surface area contributed by atoms with Gasteiger partial charge in [0, 0.05) is 32.0 Å². The van der Waals surface area contributed by atoms with Crippen molar-refractivity contribution in [1.82, 2.24) is 30.0 Å². The molecule has 26 heavy (non-hydrogen) atoms. The summed E-state index contributed by atoms with van der Waals surface area (Å²) < 4.78 is 5.12. The van der Waals surface area contributed by atoms with Gasteiger partial charge in [-0.25, -0.2) is 9.97 Å². The number of methoxy groups -OCH3 is 1. The summed E-state index contributed by atoms with van der Waals surface area (Å²) >= 11 is 0. The van der Waals surface area contributed by atoms with Crippen LogP contribution in [0.2, 0.25) is 0 Å². The molecule has 0 spiro atoms. The van der Waals surface area contributed by atoms with Gasteiger partial charge in [-0.2, -0.15) is 5.10 Å². The van der Waals surface area contributed by atoms with E-state index in [1.165, 1.54) is 25.7 Å². The van der Waals surface area contributed by atoms with E-state index in [4.69, 9.17) is 4.74 Å². The van der Waals surface area contributed by atoms with Gasteiger partial charge >= 0.3 is 0 Å². The number of hydrogen-bond acceptors (Lipinski definition) is 5. The highest BCUT2D eigenvalue weighted by atomic mass is 16.5. The van der Waals surface area contributed by atoms with Crippen LogP contribution in [0.25, 0.3) is 0 Å². The number of aromatic nitrogens is 5. The van der Waals surface area contributed by atoms with E-state index in [2.05, 4.69) is 25.1 Å². The summed E-state index contributed by atoms with van der Waals surface area (Å²) in [5, 5.41) is 7.36. The first-order valence-electron chi connectivity index (χ1n) is 9.47. The first kappa shape index (κ1) is 16.0. The third-order valence-electron chi connectivity index (χ3n) is 5.83. The fourth-order valence-corrected chi connectivity index (χ4v) is 4.13. The van der Waals surface area contributed by atoms with Gasteiger partial charge in [-0.1, -0.05) is 0 Å². The van der Waals surface area contributed by atoms with Gasteiger partial charge < -0.3 is 14.6 Å². The second-order valence-corrected chi connectivity index (χ2v) is 7.85. The second kappa shape index (κ2) is 6.19. The standard InChI is InChI=1S/C18H24N6O2/c1-26-9-15-21-17(23-22-15)13-8-24(7-12(13)10-2-3-10)18(25)14-6-19-16(20-14)11-4-5-11/h6,10-13H,2-5,7-9H2,1H3,(H,19,20)(H,21,22,23)/t12-,13+/m1/s1. The number of imidazole rings is 1. The Balaban J connectivity index is 1.34. The summed E-state index contributed by atoms with van der Waals surface area (Å²) in [6.45, 7) is 1.87. The zero-order valence-electron chi connectivity index (χ0n) is 14.9. The molecule has 3 aliphatic rings. The molecule has 5 rings (SSSR count). The smallest absolute Gasteiger partial charge is 0.271 e. The highest BCUT2D eigenvalue weighted by Crippen LogP contribution is 2.47. The summed E-state index contributed by atoms with van der Waals surface area (Å²) in [5.41, 5.74) is 0.608. The molecule has 0 bridgehead atoms. The normalized spacial score (nSPS) is 25.8. The van der Waals surface area contributed by atoms with Crippen LogP contribution in [0.15, 0.2) is 6.20 Å². The average molecular weight is 356 g/mol. The molecule has 1 saturated heterocycles. The van der Waals surface area contributed by atoms with E-state index in [1.807, 2.05) is 4.90 Å². The number of carbonyl (C=O) groups is 1. The number of nitrogens with one attached hydrogen (secondary N) is 2. The molecule has 3 fully saturated rings. The molecule has 0 unspecified atom stereocenters. The van der Waals surface area contributed by atoms with E-state index >= 15 is 0 Å². The topological polar surface area (TPSA) is 99.8 Å². The quantitative estimate of drug-likeness (QED) is 0.822. The maximum absolute atomic E-state index is 13.0. The molecule has 2 aromatic heterocycles. The van der Waals surface area contributed by atoms with Crippen LogP contribution in [0.3, 0.4) is 0 Å². The predicted molar refractivity (Wildman–Crippen MR) is 92.5 cm³/mol. The second-order valence-electron chi connectivity index (χ2n) is 7.85. The number of nitrogens with zero attached hydrogens (tertiary/aromatic N) is 4. The van der Waals surface area contributed by atoms with E-state index in [0.717, 1.165) is 24.0 Å². The molecule has 2 aromatic rings. The van der Waals surface area contributed by atoms with Crippen LogP contribution in [0, 0.1) is 11.8 Å². The largest absolute Gasteiger partial charge is 0.377 e. The Hall–Kier alpha value is -2.22. The third-order valence-corrected chi connectivity index (χ3v) is 5.83. The number of likely N-dealkylation sites (tertiary alicyclic amines) is 1. The van der Waals surface area contributed by atoms with Crippen molar-refractivity contribution in [1.29, 1.82) is 0 Å². The average Bonchev–Trinajstić information content (AvgIpc) is 3.53. The minimum absolute atomic E-state index is 0.0465. The fraction of sp³-hybridized carbons (Fsp3) is 0.667. The van der Waals surface area contributed by atoms with Crippen molar-refractivity contribution in [2.45, 2.75) is 44.1 Å². The Morgan fingerprint density at radius 1 is 1.31 bits per heavy atom. The maximum atomic E-state index is 13.0. The number of hydrogen-bond donors (Lipinski definition) is 2. The third kappa shape index (κ3) is 2.92. The van der Waals surface area contributed by atoms with Crippen molar-refractivity contribution in [2.75, 3.05) is 20.2 Å². The van der Waals surface area contributed by atoms with Gasteiger partial charge in [0.15, 0.2) is 11.6 Å². The Morgan fingerprint density at radius 3 is 2.88 bits per heavy atom. The summed E-state index contributed by atoms with van der Waals surface area (Å²) in [7, 11) is 1.64. The number of amides is 1. The predicted octanol–water partition coefficient (Wildman–Crippen LogP) is 1.82. The van der Waals surface area contributed by atoms with Crippen LogP contribution in [0.4, 0.5) is 0 Å². The SMILES string of the molecule is COCc1nc([C@H]2CN(C(=O)c3cnc(C4CC4)[nH]3)C[C@@H]2C2CC2)n[nH]1. The number of aromatic amines is 2. The zero-order valence-corrected chi connectivity index (χ0v) is 14.9. The highest BCUT2D eigenvalue weighted by Gasteiger charge is 2.46. The van der Waals surface area contributed by atoms with Gasteiger partial charge in [0.1, 0.15) is 18.1 Å². The lowest BCUT2D eigenvalue weighted by Gasteiger charge is -2.15. The van der Waals surface area contributed by atoms with Gasteiger partial charge in [0.25, 0.3) is 5.91 Å². The Kier molecular flexibility index (Phi) is 3.81. The lowest BCUT2D eigenvalue weighted by atomic mass is 9.91. The summed E-state index contributed by atoms with van der Waals surface area (Å²) in [5.74, 6) is 4.40. The molecule has 8 heteroatoms. The first-order chi connectivity index (χ1) is 12.7. The minimum atomic E-state index is 0.0465. The van der Waals surface area contributed by atoms with Gasteiger partial charge in [0.2, 0.25) is 0 Å². The van der Waals surface area contributed by atoms with Crippen molar-refractivity contribution < 1.29 is 9.53 Å². The zero-order chi connectivity index (χ0) is 17.7. The van der Waals surface area contributed by atoms with E-state index in [9.17, 15) is 4.79 Å². The number of rotatable bonds is 6. The van der Waals surface area contributed by atoms with Crippen molar-refractivity contribution in [3.05, 3.63) is 29.4 Å². The molecule has 0 radical (unpaired) electrons. The number of carbonyl (C=O) groups excluding carboxylic acids is 1. The molecule has 2 aliphatic carbocycles. The summed E-state index contributed by atoms with van der Waals surface area (Å²) in [6, 6.07) is 0. The Labute approximate surface area is 151 Å². The monoisotopic (exact) mass is 356 g/mol. The molecule has 0 aromatic carbocycles. The lowest BCUT2D eigenvalue weighted by molar-refractivity contribution is 0.0779. The number of H-pyrrole nitrogens is 2. The number of ether oxygens (including phenoxy) is 1. The van der Waals surface area contributed by atoms with Crippen LogP contribution in [-0.4, -0.2) is 56.2 Å². The van der Waals surface area contributed by atoms with E-state index in [0.29, 0.717) is 36.6 Å². The van der Waals surface area contributed by atoms with Crippen LogP contribution in [0.5, 0.6) is 0 Å². The van der Waals surface area contributed by atoms with Crippen molar-refractivity contribution in [3.8, 4) is 0 Å². The van der Waals surface area contributed by atoms with Crippen LogP contribution < -0.4 is 0 Å². The molecular formula is C18H24N6O2. The first-order valence-corrected chi connectivity index (χ1v) is 9.47. The lowest BCUT2D eigenvalue weighted by Crippen LogP contribution is -2.29. The molecule has 1 amide bonds.